The van der Waals surface area contributed by atoms with E-state index in [1.807, 2.05) is 31.2 Å². The Kier molecular flexibility index (Phi) is 4.48. The zero-order valence-electron chi connectivity index (χ0n) is 14.8. The molecule has 0 saturated carbocycles. The van der Waals surface area contributed by atoms with Crippen LogP contribution < -0.4 is 5.32 Å². The van der Waals surface area contributed by atoms with Gasteiger partial charge in [-0.15, -0.1) is 0 Å². The predicted octanol–water partition coefficient (Wildman–Crippen LogP) is 4.03. The van der Waals surface area contributed by atoms with Gasteiger partial charge in [0.15, 0.2) is 0 Å². The maximum Gasteiger partial charge on any atom is 0.147 e. The highest BCUT2D eigenvalue weighted by Crippen LogP contribution is 2.34. The number of aryl methyl sites for hydroxylation is 1. The van der Waals surface area contributed by atoms with E-state index in [1.54, 1.807) is 0 Å². The molecule has 0 aliphatic heterocycles. The summed E-state index contributed by atoms with van der Waals surface area (Å²) < 4.78 is 2.19. The highest BCUT2D eigenvalue weighted by molar-refractivity contribution is 5.84. The van der Waals surface area contributed by atoms with Crippen LogP contribution >= 0.6 is 0 Å². The van der Waals surface area contributed by atoms with Gasteiger partial charge in [-0.25, -0.2) is 0 Å². The molecule has 0 bridgehead atoms. The highest BCUT2D eigenvalue weighted by atomic mass is 16.3. The molecule has 3 aromatic rings. The number of aliphatic hydroxyl groups excluding tert-OH is 1. The Morgan fingerprint density at radius 2 is 1.58 bits per heavy atom. The Labute approximate surface area is 143 Å². The number of nitrogens with zero attached hydrogens (tertiary/aromatic N) is 1. The maximum atomic E-state index is 10.9. The number of hydrogen-bond donors (Lipinski definition) is 2. The van der Waals surface area contributed by atoms with E-state index in [0.717, 1.165) is 11.1 Å². The zero-order chi connectivity index (χ0) is 17.3. The summed E-state index contributed by atoms with van der Waals surface area (Å²) in [5.74, 6) is 0. The van der Waals surface area contributed by atoms with Gasteiger partial charge in [-0.1, -0.05) is 48.5 Å². The number of nitrogens with one attached hydrogen (secondary N) is 1. The first-order valence-corrected chi connectivity index (χ1v) is 8.55. The fourth-order valence-corrected chi connectivity index (χ4v) is 3.63. The second-order valence-corrected chi connectivity index (χ2v) is 6.81. The first-order valence-electron chi connectivity index (χ1n) is 8.55. The van der Waals surface area contributed by atoms with Crippen LogP contribution in [0.5, 0.6) is 0 Å². The summed E-state index contributed by atoms with van der Waals surface area (Å²) in [4.78, 5) is 0. The number of aromatic nitrogens is 1. The molecule has 3 heteroatoms. The molecule has 0 aliphatic carbocycles. The Bertz CT molecular complexity index is 820. The van der Waals surface area contributed by atoms with Crippen molar-refractivity contribution >= 4 is 10.9 Å². The van der Waals surface area contributed by atoms with Crippen molar-refractivity contribution in [2.45, 2.75) is 45.5 Å². The van der Waals surface area contributed by atoms with Crippen molar-refractivity contribution in [1.29, 1.82) is 0 Å². The lowest BCUT2D eigenvalue weighted by Gasteiger charge is -2.42. The van der Waals surface area contributed by atoms with E-state index >= 15 is 0 Å². The maximum absolute atomic E-state index is 10.9. The van der Waals surface area contributed by atoms with Crippen molar-refractivity contribution < 1.29 is 5.11 Å². The average molecular weight is 322 g/mol. The van der Waals surface area contributed by atoms with Crippen molar-refractivity contribution in [3.63, 3.8) is 0 Å². The highest BCUT2D eigenvalue weighted by Gasteiger charge is 2.40. The molecule has 24 heavy (non-hydrogen) atoms. The minimum atomic E-state index is -0.719. The lowest BCUT2D eigenvalue weighted by molar-refractivity contribution is 0.0471. The summed E-state index contributed by atoms with van der Waals surface area (Å²) in [5, 5.41) is 15.8. The fraction of sp³-hybridized carbons (Fsp3) is 0.333. The summed E-state index contributed by atoms with van der Waals surface area (Å²) in [6, 6.07) is 18.8. The summed E-state index contributed by atoms with van der Waals surface area (Å²) >= 11 is 0. The van der Waals surface area contributed by atoms with Crippen LogP contribution in [0, 0.1) is 6.92 Å². The summed E-state index contributed by atoms with van der Waals surface area (Å²) in [6.07, 6.45) is 1.53. The van der Waals surface area contributed by atoms with Crippen LogP contribution in [0.2, 0.25) is 0 Å². The molecule has 0 spiro atoms. The van der Waals surface area contributed by atoms with Crippen LogP contribution in [0.15, 0.2) is 60.8 Å². The second kappa shape index (κ2) is 6.42. The van der Waals surface area contributed by atoms with Gasteiger partial charge in [-0.05, 0) is 44.9 Å². The van der Waals surface area contributed by atoms with Crippen LogP contribution in [-0.4, -0.2) is 21.8 Å². The first-order chi connectivity index (χ1) is 11.5. The molecular weight excluding hydrogens is 296 g/mol. The first kappa shape index (κ1) is 16.7. The summed E-state index contributed by atoms with van der Waals surface area (Å²) in [5.41, 5.74) is 2.66. The third-order valence-electron chi connectivity index (χ3n) is 4.62. The molecule has 0 aliphatic rings. The third kappa shape index (κ3) is 2.64. The molecule has 0 radical (unpaired) electrons. The third-order valence-corrected chi connectivity index (χ3v) is 4.62. The van der Waals surface area contributed by atoms with E-state index in [2.05, 4.69) is 67.2 Å². The number of hydrogen-bond acceptors (Lipinski definition) is 2. The van der Waals surface area contributed by atoms with Crippen LogP contribution in [0.25, 0.3) is 10.9 Å². The van der Waals surface area contributed by atoms with E-state index in [9.17, 15) is 5.11 Å². The van der Waals surface area contributed by atoms with Gasteiger partial charge in [0.25, 0.3) is 0 Å². The monoisotopic (exact) mass is 322 g/mol. The molecule has 3 rings (SSSR count). The van der Waals surface area contributed by atoms with Crippen molar-refractivity contribution in [2.24, 2.45) is 0 Å². The van der Waals surface area contributed by atoms with Crippen molar-refractivity contribution in [3.05, 3.63) is 71.9 Å². The minimum absolute atomic E-state index is 0.210. The van der Waals surface area contributed by atoms with E-state index in [0.29, 0.717) is 0 Å². The molecule has 0 fully saturated rings. The van der Waals surface area contributed by atoms with Gasteiger partial charge in [0, 0.05) is 17.6 Å². The summed E-state index contributed by atoms with van der Waals surface area (Å²) in [7, 11) is 0. The van der Waals surface area contributed by atoms with Gasteiger partial charge < -0.3 is 9.67 Å². The Hall–Kier alpha value is -2.10. The van der Waals surface area contributed by atoms with Gasteiger partial charge >= 0.3 is 0 Å². The lowest BCUT2D eigenvalue weighted by Crippen LogP contribution is -2.58. The Balaban J connectivity index is 2.35. The number of aliphatic hydroxyl groups is 1. The van der Waals surface area contributed by atoms with Gasteiger partial charge in [0.1, 0.15) is 5.66 Å². The largest absolute Gasteiger partial charge is 0.389 e. The van der Waals surface area contributed by atoms with Gasteiger partial charge in [0.2, 0.25) is 0 Å². The van der Waals surface area contributed by atoms with Gasteiger partial charge in [-0.3, -0.25) is 5.32 Å². The number of benzene rings is 2. The second-order valence-electron chi connectivity index (χ2n) is 6.81. The van der Waals surface area contributed by atoms with Crippen LogP contribution in [-0.2, 0) is 5.66 Å². The number of fused-ring (bicyclic) bond motifs is 1. The van der Waals surface area contributed by atoms with Gasteiger partial charge in [0.05, 0.1) is 11.6 Å². The lowest BCUT2D eigenvalue weighted by atomic mass is 9.92. The van der Waals surface area contributed by atoms with Crippen molar-refractivity contribution in [3.8, 4) is 0 Å². The number of para-hydroxylation sites is 1. The molecule has 1 aromatic heterocycles. The number of rotatable bonds is 5. The smallest absolute Gasteiger partial charge is 0.147 e. The van der Waals surface area contributed by atoms with E-state index in [1.165, 1.54) is 10.9 Å². The normalized spacial score (nSPS) is 15.6. The molecule has 2 N–H and O–H groups in total. The van der Waals surface area contributed by atoms with E-state index in [-0.39, 0.29) is 6.04 Å². The van der Waals surface area contributed by atoms with Crippen LogP contribution in [0.3, 0.4) is 0 Å². The van der Waals surface area contributed by atoms with E-state index in [4.69, 9.17) is 0 Å². The minimum Gasteiger partial charge on any atom is -0.389 e. The average Bonchev–Trinajstić information content (AvgIpc) is 2.91. The topological polar surface area (TPSA) is 37.2 Å². The van der Waals surface area contributed by atoms with Crippen molar-refractivity contribution in [2.75, 3.05) is 0 Å². The molecule has 2 aromatic carbocycles. The summed E-state index contributed by atoms with van der Waals surface area (Å²) in [6.45, 7) is 8.19. The standard InChI is InChI=1S/C21H26N2O/c1-15(2)22-21(17(4)24,18-10-6-5-7-11-18)23-14-16(3)19-12-8-9-13-20(19)23/h5-15,17,22,24H,1-4H3. The van der Waals surface area contributed by atoms with E-state index < -0.39 is 11.8 Å². The molecular formula is C21H26N2O. The molecule has 1 heterocycles. The fourth-order valence-electron chi connectivity index (χ4n) is 3.63. The zero-order valence-corrected chi connectivity index (χ0v) is 14.8. The molecule has 2 atom stereocenters. The SMILES string of the molecule is Cc1cn(C(NC(C)C)(c2ccccc2)C(C)O)c2ccccc12. The van der Waals surface area contributed by atoms with Crippen molar-refractivity contribution in [1.82, 2.24) is 9.88 Å². The van der Waals surface area contributed by atoms with Crippen LogP contribution in [0.4, 0.5) is 0 Å². The Morgan fingerprint density at radius 3 is 2.21 bits per heavy atom. The van der Waals surface area contributed by atoms with Gasteiger partial charge in [-0.2, -0.15) is 0 Å². The predicted molar refractivity (Wildman–Crippen MR) is 100 cm³/mol. The molecule has 0 saturated heterocycles. The quantitative estimate of drug-likeness (QED) is 0.744. The molecule has 3 nitrogen and oxygen atoms in total. The molecule has 2 unspecified atom stereocenters. The molecule has 126 valence electrons. The molecule has 0 amide bonds. The Morgan fingerprint density at radius 1 is 0.958 bits per heavy atom. The van der Waals surface area contributed by atoms with Crippen LogP contribution in [0.1, 0.15) is 31.9 Å².